The van der Waals surface area contributed by atoms with E-state index >= 15 is 0 Å². The van der Waals surface area contributed by atoms with Crippen molar-refractivity contribution in [1.82, 2.24) is 0 Å². The van der Waals surface area contributed by atoms with Gasteiger partial charge in [0, 0.05) is 23.4 Å². The summed E-state index contributed by atoms with van der Waals surface area (Å²) >= 11 is 0. The zero-order valence-electron chi connectivity index (χ0n) is 14.8. The molecule has 0 aliphatic rings. The highest BCUT2D eigenvalue weighted by Gasteiger charge is 2.08. The van der Waals surface area contributed by atoms with E-state index in [4.69, 9.17) is 15.6 Å². The van der Waals surface area contributed by atoms with Gasteiger partial charge in [0.1, 0.15) is 5.75 Å². The number of ether oxygens (including phenoxy) is 1. The summed E-state index contributed by atoms with van der Waals surface area (Å²) in [5, 5.41) is 7.88. The molecule has 0 aliphatic heterocycles. The molecule has 0 heterocycles. The monoisotopic (exact) mass is 335 g/mol. The van der Waals surface area contributed by atoms with Crippen molar-refractivity contribution in [1.29, 1.82) is 0 Å². The maximum Gasteiger partial charge on any atom is 0.118 e. The van der Waals surface area contributed by atoms with Gasteiger partial charge in [0.05, 0.1) is 7.11 Å². The van der Waals surface area contributed by atoms with Crippen LogP contribution < -0.4 is 10.5 Å². The van der Waals surface area contributed by atoms with E-state index in [-0.39, 0.29) is 0 Å². The lowest BCUT2D eigenvalue weighted by Gasteiger charge is -2.12. The summed E-state index contributed by atoms with van der Waals surface area (Å²) in [5.41, 5.74) is 11.5. The van der Waals surface area contributed by atoms with Crippen molar-refractivity contribution in [2.45, 2.75) is 13.3 Å². The third-order valence-corrected chi connectivity index (χ3v) is 3.82. The SMILES string of the molecule is CCCO.COc1ccc(-c2cccc(-c3ccccc3)c2N)cc1. The Balaban J connectivity index is 0.000000511. The third-order valence-electron chi connectivity index (χ3n) is 3.82. The number of hydrogen-bond donors (Lipinski definition) is 2. The lowest BCUT2D eigenvalue weighted by atomic mass is 9.96. The minimum absolute atomic E-state index is 0.319. The van der Waals surface area contributed by atoms with E-state index in [9.17, 15) is 0 Å². The molecule has 0 aromatic heterocycles. The van der Waals surface area contributed by atoms with Gasteiger partial charge in [-0.05, 0) is 29.7 Å². The summed E-state index contributed by atoms with van der Waals surface area (Å²) in [6.07, 6.45) is 0.875. The molecule has 0 amide bonds. The van der Waals surface area contributed by atoms with Gasteiger partial charge in [0.25, 0.3) is 0 Å². The van der Waals surface area contributed by atoms with Crippen LogP contribution in [0.4, 0.5) is 5.69 Å². The van der Waals surface area contributed by atoms with E-state index in [1.54, 1.807) is 7.11 Å². The van der Waals surface area contributed by atoms with Gasteiger partial charge in [0.15, 0.2) is 0 Å². The van der Waals surface area contributed by atoms with Crippen LogP contribution in [0.5, 0.6) is 5.75 Å². The molecule has 0 fully saturated rings. The highest BCUT2D eigenvalue weighted by Crippen LogP contribution is 2.35. The predicted molar refractivity (Wildman–Crippen MR) is 106 cm³/mol. The fourth-order valence-corrected chi connectivity index (χ4v) is 2.46. The largest absolute Gasteiger partial charge is 0.497 e. The number of methoxy groups -OCH3 is 1. The van der Waals surface area contributed by atoms with Crippen LogP contribution >= 0.6 is 0 Å². The molecule has 3 rings (SSSR count). The molecule has 0 radical (unpaired) electrons. The van der Waals surface area contributed by atoms with Crippen LogP contribution in [0.25, 0.3) is 22.3 Å². The van der Waals surface area contributed by atoms with Crippen LogP contribution in [0.3, 0.4) is 0 Å². The Morgan fingerprint density at radius 3 is 1.80 bits per heavy atom. The molecule has 0 spiro atoms. The Hall–Kier alpha value is -2.78. The fourth-order valence-electron chi connectivity index (χ4n) is 2.46. The second kappa shape index (κ2) is 9.50. The number of aliphatic hydroxyl groups is 1. The first-order chi connectivity index (χ1) is 12.2. The minimum atomic E-state index is 0.319. The van der Waals surface area contributed by atoms with Crippen LogP contribution in [0.15, 0.2) is 72.8 Å². The topological polar surface area (TPSA) is 55.5 Å². The first-order valence-corrected chi connectivity index (χ1v) is 8.40. The maximum absolute atomic E-state index is 7.88. The van der Waals surface area contributed by atoms with Crippen molar-refractivity contribution in [2.75, 3.05) is 19.5 Å². The lowest BCUT2D eigenvalue weighted by molar-refractivity contribution is 0.295. The number of rotatable bonds is 4. The van der Waals surface area contributed by atoms with E-state index in [0.717, 1.165) is 40.1 Å². The minimum Gasteiger partial charge on any atom is -0.497 e. The molecule has 0 aliphatic carbocycles. The quantitative estimate of drug-likeness (QED) is 0.660. The normalized spacial score (nSPS) is 9.88. The molecular weight excluding hydrogens is 310 g/mol. The molecule has 0 bridgehead atoms. The van der Waals surface area contributed by atoms with Gasteiger partial charge in [-0.2, -0.15) is 0 Å². The van der Waals surface area contributed by atoms with Crippen molar-refractivity contribution in [2.24, 2.45) is 0 Å². The molecule has 0 atom stereocenters. The van der Waals surface area contributed by atoms with Crippen molar-refractivity contribution in [3.63, 3.8) is 0 Å². The number of nitrogens with two attached hydrogens (primary N) is 1. The Morgan fingerprint density at radius 1 is 0.800 bits per heavy atom. The second-order valence-electron chi connectivity index (χ2n) is 5.58. The average molecular weight is 335 g/mol. The molecule has 3 N–H and O–H groups in total. The van der Waals surface area contributed by atoms with E-state index in [0.29, 0.717) is 6.61 Å². The smallest absolute Gasteiger partial charge is 0.118 e. The molecule has 3 nitrogen and oxygen atoms in total. The molecule has 3 aromatic carbocycles. The van der Waals surface area contributed by atoms with Crippen LogP contribution in [0.1, 0.15) is 13.3 Å². The van der Waals surface area contributed by atoms with Gasteiger partial charge in [-0.3, -0.25) is 0 Å². The zero-order chi connectivity index (χ0) is 18.1. The van der Waals surface area contributed by atoms with Gasteiger partial charge in [0.2, 0.25) is 0 Å². The third kappa shape index (κ3) is 4.85. The zero-order valence-corrected chi connectivity index (χ0v) is 14.8. The van der Waals surface area contributed by atoms with E-state index in [1.165, 1.54) is 0 Å². The Bertz CT molecular complexity index is 766. The first kappa shape index (κ1) is 18.6. The van der Waals surface area contributed by atoms with E-state index in [2.05, 4.69) is 18.2 Å². The van der Waals surface area contributed by atoms with Gasteiger partial charge < -0.3 is 15.6 Å². The Morgan fingerprint density at radius 2 is 1.32 bits per heavy atom. The molecule has 3 heteroatoms. The van der Waals surface area contributed by atoms with Crippen LogP contribution in [0.2, 0.25) is 0 Å². The predicted octanol–water partition coefficient (Wildman–Crippen LogP) is 5.00. The standard InChI is InChI=1S/C19H17NO.C3H8O/c1-21-16-12-10-15(11-13-16)18-9-5-8-17(19(18)20)14-6-3-2-4-7-14;1-2-3-4/h2-13H,20H2,1H3;4H,2-3H2,1H3. The van der Waals surface area contributed by atoms with Crippen molar-refractivity contribution >= 4 is 5.69 Å². The van der Waals surface area contributed by atoms with Gasteiger partial charge in [-0.25, -0.2) is 0 Å². The number of nitrogen functional groups attached to an aromatic ring is 1. The van der Waals surface area contributed by atoms with Crippen molar-refractivity contribution in [3.8, 4) is 28.0 Å². The van der Waals surface area contributed by atoms with Gasteiger partial charge in [-0.15, -0.1) is 0 Å². The van der Waals surface area contributed by atoms with E-state index in [1.807, 2.05) is 61.5 Å². The highest BCUT2D eigenvalue weighted by atomic mass is 16.5. The van der Waals surface area contributed by atoms with Crippen molar-refractivity contribution < 1.29 is 9.84 Å². The molecule has 130 valence electrons. The summed E-state index contributed by atoms with van der Waals surface area (Å²) in [7, 11) is 1.67. The lowest BCUT2D eigenvalue weighted by Crippen LogP contribution is -1.94. The average Bonchev–Trinajstić information content (AvgIpc) is 2.69. The number of para-hydroxylation sites is 1. The van der Waals surface area contributed by atoms with Gasteiger partial charge in [-0.1, -0.05) is 67.6 Å². The molecular formula is C22H25NO2. The van der Waals surface area contributed by atoms with Crippen LogP contribution in [-0.4, -0.2) is 18.8 Å². The number of anilines is 1. The van der Waals surface area contributed by atoms with E-state index < -0.39 is 0 Å². The summed E-state index contributed by atoms with van der Waals surface area (Å²) in [5.74, 6) is 0.844. The number of aliphatic hydroxyl groups excluding tert-OH is 1. The molecule has 25 heavy (non-hydrogen) atoms. The molecule has 0 saturated carbocycles. The number of benzene rings is 3. The van der Waals surface area contributed by atoms with Crippen LogP contribution in [-0.2, 0) is 0 Å². The van der Waals surface area contributed by atoms with Crippen LogP contribution in [0, 0.1) is 0 Å². The second-order valence-corrected chi connectivity index (χ2v) is 5.58. The summed E-state index contributed by atoms with van der Waals surface area (Å²) < 4.78 is 5.20. The molecule has 3 aromatic rings. The van der Waals surface area contributed by atoms with Gasteiger partial charge >= 0.3 is 0 Å². The highest BCUT2D eigenvalue weighted by molar-refractivity contribution is 5.88. The number of hydrogen-bond acceptors (Lipinski definition) is 3. The fraction of sp³-hybridized carbons (Fsp3) is 0.182. The Kier molecular flexibility index (Phi) is 7.05. The van der Waals surface area contributed by atoms with Crippen molar-refractivity contribution in [3.05, 3.63) is 72.8 Å². The Labute approximate surface area is 149 Å². The summed E-state index contributed by atoms with van der Waals surface area (Å²) in [6.45, 7) is 2.25. The first-order valence-electron chi connectivity index (χ1n) is 8.40. The maximum atomic E-state index is 7.88. The molecule has 0 saturated heterocycles. The summed E-state index contributed by atoms with van der Waals surface area (Å²) in [4.78, 5) is 0. The molecule has 0 unspecified atom stereocenters. The summed E-state index contributed by atoms with van der Waals surface area (Å²) in [6, 6.07) is 24.3.